The first kappa shape index (κ1) is 21.9. The van der Waals surface area contributed by atoms with E-state index in [0.29, 0.717) is 11.5 Å². The third-order valence-corrected chi connectivity index (χ3v) is 6.48. The van der Waals surface area contributed by atoms with Crippen molar-refractivity contribution >= 4 is 17.3 Å². The molecule has 1 aromatic heterocycles. The van der Waals surface area contributed by atoms with E-state index in [2.05, 4.69) is 47.3 Å². The number of benzene rings is 2. The highest BCUT2D eigenvalue weighted by Gasteiger charge is 2.22. The van der Waals surface area contributed by atoms with Crippen molar-refractivity contribution in [1.29, 1.82) is 0 Å². The Bertz CT molecular complexity index is 1080. The topological polar surface area (TPSA) is 51.7 Å². The van der Waals surface area contributed by atoms with Crippen LogP contribution in [-0.2, 0) is 17.6 Å². The van der Waals surface area contributed by atoms with Crippen molar-refractivity contribution in [2.24, 2.45) is 0 Å². The predicted molar refractivity (Wildman–Crippen MR) is 127 cm³/mol. The van der Waals surface area contributed by atoms with Crippen LogP contribution >= 0.6 is 0 Å². The Balaban J connectivity index is 1.50. The largest absolute Gasteiger partial charge is 0.497 e. The zero-order valence-electron chi connectivity index (χ0n) is 19.0. The second-order valence-corrected chi connectivity index (χ2v) is 8.29. The highest BCUT2D eigenvalue weighted by molar-refractivity contribution is 5.90. The molecule has 0 bridgehead atoms. The van der Waals surface area contributed by atoms with Crippen molar-refractivity contribution in [1.82, 2.24) is 4.98 Å². The normalized spacial score (nSPS) is 15.0. The number of esters is 1. The minimum Gasteiger partial charge on any atom is -0.497 e. The van der Waals surface area contributed by atoms with Crippen LogP contribution in [0.5, 0.6) is 5.75 Å². The van der Waals surface area contributed by atoms with Gasteiger partial charge in [0.25, 0.3) is 0 Å². The standard InChI is InChI=1S/C27H30N2O3/c1-29(22-9-12-24(31-2)13-10-22)23-11-14-25-19(5-4-6-20(25)17-23)7-8-21-18-28-16-15-26(21)27(30)32-3/h9-19H,4-8H2,1-3H3/t19-/m0/s1. The Morgan fingerprint density at radius 1 is 1.09 bits per heavy atom. The van der Waals surface area contributed by atoms with Crippen molar-refractivity contribution in [3.8, 4) is 5.75 Å². The van der Waals surface area contributed by atoms with Crippen LogP contribution in [0.25, 0.3) is 0 Å². The van der Waals surface area contributed by atoms with Crippen LogP contribution in [0.15, 0.2) is 60.9 Å². The van der Waals surface area contributed by atoms with Crippen LogP contribution in [0, 0.1) is 0 Å². The molecule has 0 saturated carbocycles. The number of carbonyl (C=O) groups is 1. The molecule has 0 saturated heterocycles. The van der Waals surface area contributed by atoms with E-state index < -0.39 is 0 Å². The summed E-state index contributed by atoms with van der Waals surface area (Å²) in [6.45, 7) is 0. The van der Waals surface area contributed by atoms with E-state index in [-0.39, 0.29) is 5.97 Å². The van der Waals surface area contributed by atoms with Gasteiger partial charge >= 0.3 is 5.97 Å². The predicted octanol–water partition coefficient (Wildman–Crippen LogP) is 5.70. The van der Waals surface area contributed by atoms with Crippen molar-refractivity contribution in [2.45, 2.75) is 38.0 Å². The summed E-state index contributed by atoms with van der Waals surface area (Å²) in [6, 6.07) is 16.7. The summed E-state index contributed by atoms with van der Waals surface area (Å²) in [4.78, 5) is 18.5. The molecule has 1 aliphatic rings. The van der Waals surface area contributed by atoms with E-state index in [0.717, 1.165) is 36.3 Å². The Kier molecular flexibility index (Phi) is 6.74. The second kappa shape index (κ2) is 9.86. The van der Waals surface area contributed by atoms with Gasteiger partial charge in [-0.05, 0) is 97.2 Å². The lowest BCUT2D eigenvalue weighted by Crippen LogP contribution is -2.14. The van der Waals surface area contributed by atoms with Crippen LogP contribution in [0.4, 0.5) is 11.4 Å². The molecule has 5 nitrogen and oxygen atoms in total. The van der Waals surface area contributed by atoms with Gasteiger partial charge in [-0.2, -0.15) is 0 Å². The maximum Gasteiger partial charge on any atom is 0.338 e. The van der Waals surface area contributed by atoms with Gasteiger partial charge in [-0.1, -0.05) is 6.07 Å². The number of anilines is 2. The number of ether oxygens (including phenoxy) is 2. The highest BCUT2D eigenvalue weighted by Crippen LogP contribution is 2.38. The molecule has 0 unspecified atom stereocenters. The first-order valence-corrected chi connectivity index (χ1v) is 11.1. The summed E-state index contributed by atoms with van der Waals surface area (Å²) in [5.41, 5.74) is 6.77. The molecule has 0 aliphatic heterocycles. The minimum absolute atomic E-state index is 0.294. The number of hydrogen-bond acceptors (Lipinski definition) is 5. The average Bonchev–Trinajstić information content (AvgIpc) is 2.86. The quantitative estimate of drug-likeness (QED) is 0.450. The molecule has 5 heteroatoms. The number of carbonyl (C=O) groups excluding carboxylic acids is 1. The molecule has 0 radical (unpaired) electrons. The van der Waals surface area contributed by atoms with E-state index in [9.17, 15) is 4.79 Å². The average molecular weight is 431 g/mol. The van der Waals surface area contributed by atoms with Crippen molar-refractivity contribution in [3.63, 3.8) is 0 Å². The van der Waals surface area contributed by atoms with E-state index in [4.69, 9.17) is 9.47 Å². The van der Waals surface area contributed by atoms with Gasteiger partial charge in [0.2, 0.25) is 0 Å². The fourth-order valence-electron chi connectivity index (χ4n) is 4.63. The van der Waals surface area contributed by atoms with Crippen LogP contribution < -0.4 is 9.64 Å². The summed E-state index contributed by atoms with van der Waals surface area (Å²) in [6.07, 6.45) is 8.72. The van der Waals surface area contributed by atoms with Crippen LogP contribution in [-0.4, -0.2) is 32.2 Å². The number of nitrogens with zero attached hydrogens (tertiary/aromatic N) is 2. The molecule has 0 amide bonds. The number of rotatable bonds is 7. The third-order valence-electron chi connectivity index (χ3n) is 6.48. The Morgan fingerprint density at radius 3 is 2.62 bits per heavy atom. The summed E-state index contributed by atoms with van der Waals surface area (Å²) in [5, 5.41) is 0. The fraction of sp³-hybridized carbons (Fsp3) is 0.333. The van der Waals surface area contributed by atoms with E-state index in [1.807, 2.05) is 12.1 Å². The molecule has 1 atom stereocenters. The maximum absolute atomic E-state index is 12.1. The molecular weight excluding hydrogens is 400 g/mol. The Hall–Kier alpha value is -3.34. The van der Waals surface area contributed by atoms with Gasteiger partial charge in [0.05, 0.1) is 19.8 Å². The Morgan fingerprint density at radius 2 is 1.88 bits per heavy atom. The van der Waals surface area contributed by atoms with E-state index in [1.54, 1.807) is 25.6 Å². The molecule has 32 heavy (non-hydrogen) atoms. The van der Waals surface area contributed by atoms with Crippen molar-refractivity contribution in [2.75, 3.05) is 26.2 Å². The molecule has 1 heterocycles. The molecule has 4 rings (SSSR count). The molecule has 1 aliphatic carbocycles. The number of hydrogen-bond donors (Lipinski definition) is 0. The molecule has 2 aromatic carbocycles. The van der Waals surface area contributed by atoms with E-state index in [1.165, 1.54) is 36.8 Å². The lowest BCUT2D eigenvalue weighted by Gasteiger charge is -2.28. The van der Waals surface area contributed by atoms with Gasteiger partial charge in [0.1, 0.15) is 5.75 Å². The number of aryl methyl sites for hydroxylation is 2. The second-order valence-electron chi connectivity index (χ2n) is 8.29. The SMILES string of the molecule is COC(=O)c1ccncc1CC[C@@H]1CCCc2cc(N(C)c3ccc(OC)cc3)ccc21. The zero-order valence-corrected chi connectivity index (χ0v) is 19.0. The summed E-state index contributed by atoms with van der Waals surface area (Å²) >= 11 is 0. The monoisotopic (exact) mass is 430 g/mol. The molecule has 0 fully saturated rings. The van der Waals surface area contributed by atoms with Crippen LogP contribution in [0.2, 0.25) is 0 Å². The number of pyridine rings is 1. The van der Waals surface area contributed by atoms with Gasteiger partial charge in [-0.25, -0.2) is 4.79 Å². The lowest BCUT2D eigenvalue weighted by molar-refractivity contribution is 0.0599. The molecule has 3 aromatic rings. The highest BCUT2D eigenvalue weighted by atomic mass is 16.5. The van der Waals surface area contributed by atoms with Crippen LogP contribution in [0.3, 0.4) is 0 Å². The zero-order chi connectivity index (χ0) is 22.5. The first-order chi connectivity index (χ1) is 15.6. The van der Waals surface area contributed by atoms with E-state index >= 15 is 0 Å². The molecular formula is C27H30N2O3. The summed E-state index contributed by atoms with van der Waals surface area (Å²) in [7, 11) is 5.20. The number of aromatic nitrogens is 1. The number of fused-ring (bicyclic) bond motifs is 1. The van der Waals surface area contributed by atoms with Crippen molar-refractivity contribution < 1.29 is 14.3 Å². The van der Waals surface area contributed by atoms with Gasteiger partial charge in [-0.15, -0.1) is 0 Å². The minimum atomic E-state index is -0.294. The van der Waals surface area contributed by atoms with Gasteiger partial charge in [0.15, 0.2) is 0 Å². The molecule has 0 N–H and O–H groups in total. The van der Waals surface area contributed by atoms with Gasteiger partial charge < -0.3 is 14.4 Å². The van der Waals surface area contributed by atoms with Crippen LogP contribution in [0.1, 0.15) is 52.2 Å². The third kappa shape index (κ3) is 4.62. The van der Waals surface area contributed by atoms with Gasteiger partial charge in [0, 0.05) is 30.8 Å². The fourth-order valence-corrected chi connectivity index (χ4v) is 4.63. The lowest BCUT2D eigenvalue weighted by atomic mass is 9.79. The Labute approximate surface area is 190 Å². The smallest absolute Gasteiger partial charge is 0.338 e. The first-order valence-electron chi connectivity index (χ1n) is 11.1. The summed E-state index contributed by atoms with van der Waals surface area (Å²) in [5.74, 6) is 1.06. The maximum atomic E-state index is 12.1. The number of methoxy groups -OCH3 is 2. The summed E-state index contributed by atoms with van der Waals surface area (Å²) < 4.78 is 10.2. The molecule has 166 valence electrons. The molecule has 0 spiro atoms. The van der Waals surface area contributed by atoms with Gasteiger partial charge in [-0.3, -0.25) is 4.98 Å². The van der Waals surface area contributed by atoms with Crippen molar-refractivity contribution in [3.05, 3.63) is 83.2 Å².